The summed E-state index contributed by atoms with van der Waals surface area (Å²) in [6, 6.07) is 0. The minimum absolute atomic E-state index is 0.0714. The van der Waals surface area contributed by atoms with Crippen LogP contribution in [0.4, 0.5) is 0 Å². The Morgan fingerprint density at radius 3 is 2.64 bits per heavy atom. The molecule has 0 unspecified atom stereocenters. The largest absolute Gasteiger partial charge is 0.374 e. The van der Waals surface area contributed by atoms with Gasteiger partial charge in [0.05, 0.1) is 5.75 Å². The van der Waals surface area contributed by atoms with Gasteiger partial charge < -0.3 is 4.90 Å². The summed E-state index contributed by atoms with van der Waals surface area (Å²) in [7, 11) is 1.78. The van der Waals surface area contributed by atoms with Gasteiger partial charge in [-0.15, -0.1) is 0 Å². The first-order valence-electron chi connectivity index (χ1n) is 4.58. The van der Waals surface area contributed by atoms with E-state index in [1.807, 2.05) is 18.4 Å². The maximum atomic E-state index is 10.6. The maximum absolute atomic E-state index is 10.6. The molecule has 0 N–H and O–H groups in total. The van der Waals surface area contributed by atoms with Crippen molar-refractivity contribution in [2.24, 2.45) is 0 Å². The summed E-state index contributed by atoms with van der Waals surface area (Å²) in [6.45, 7) is 1.79. The molecule has 0 aliphatic carbocycles. The van der Waals surface area contributed by atoms with E-state index in [2.05, 4.69) is 11.0 Å². The van der Waals surface area contributed by atoms with Gasteiger partial charge in [-0.05, 0) is 25.1 Å². The minimum atomic E-state index is -3.31. The molecule has 3 nitrogen and oxygen atoms in total. The fourth-order valence-electron chi connectivity index (χ4n) is 1.26. The van der Waals surface area contributed by atoms with Gasteiger partial charge in [-0.2, -0.15) is 0 Å². The molecule has 0 spiro atoms. The van der Waals surface area contributed by atoms with Crippen molar-refractivity contribution in [1.29, 1.82) is 0 Å². The molecule has 1 aliphatic rings. The Hall–Kier alpha value is -0.480. The topological polar surface area (TPSA) is 37.4 Å². The van der Waals surface area contributed by atoms with Crippen LogP contribution in [-0.2, 0) is 9.05 Å². The highest BCUT2D eigenvalue weighted by atomic mass is 35.7. The van der Waals surface area contributed by atoms with E-state index in [0.29, 0.717) is 6.42 Å². The molecule has 0 amide bonds. The van der Waals surface area contributed by atoms with Gasteiger partial charge in [-0.3, -0.25) is 0 Å². The first-order valence-corrected chi connectivity index (χ1v) is 7.05. The van der Waals surface area contributed by atoms with Crippen LogP contribution in [0.2, 0.25) is 0 Å². The number of halogens is 1. The second-order valence-electron chi connectivity index (χ2n) is 3.21. The van der Waals surface area contributed by atoms with Crippen LogP contribution >= 0.6 is 10.7 Å². The predicted octanol–water partition coefficient (Wildman–Crippen LogP) is 1.72. The summed E-state index contributed by atoms with van der Waals surface area (Å²) in [5.41, 5.74) is 0. The number of rotatable bonds is 5. The van der Waals surface area contributed by atoms with Gasteiger partial charge in [-0.1, -0.05) is 12.2 Å². The molecular formula is C9H14ClNO2S. The third kappa shape index (κ3) is 5.29. The van der Waals surface area contributed by atoms with E-state index in [4.69, 9.17) is 10.7 Å². The highest BCUT2D eigenvalue weighted by Gasteiger charge is 2.05. The van der Waals surface area contributed by atoms with Gasteiger partial charge in [0.15, 0.2) is 0 Å². The number of hydrogen-bond acceptors (Lipinski definition) is 3. The average Bonchev–Trinajstić information content (AvgIpc) is 2.13. The summed E-state index contributed by atoms with van der Waals surface area (Å²) in [5, 5.41) is 0. The monoisotopic (exact) mass is 235 g/mol. The van der Waals surface area contributed by atoms with Crippen LogP contribution in [0.25, 0.3) is 0 Å². The van der Waals surface area contributed by atoms with Gasteiger partial charge in [0.25, 0.3) is 0 Å². The molecular weight excluding hydrogens is 222 g/mol. The SMILES string of the molecule is O=S(=O)(Cl)CCCCN1C=CC=CC1. The first kappa shape index (κ1) is 11.6. The van der Waals surface area contributed by atoms with Crippen LogP contribution in [0.3, 0.4) is 0 Å². The van der Waals surface area contributed by atoms with E-state index in [9.17, 15) is 8.42 Å². The Kier molecular flexibility index (Phi) is 4.48. The summed E-state index contributed by atoms with van der Waals surface area (Å²) >= 11 is 0. The van der Waals surface area contributed by atoms with Crippen LogP contribution in [-0.4, -0.2) is 32.2 Å². The zero-order valence-corrected chi connectivity index (χ0v) is 9.47. The molecule has 0 aromatic heterocycles. The van der Waals surface area contributed by atoms with Crippen LogP contribution in [0, 0.1) is 0 Å². The molecule has 0 aromatic rings. The van der Waals surface area contributed by atoms with Gasteiger partial charge in [0.2, 0.25) is 9.05 Å². The molecule has 0 atom stereocenters. The standard InChI is InChI=1S/C9H14ClNO2S/c10-14(12,13)9-5-4-8-11-6-2-1-3-7-11/h1-3,6H,4-5,7-9H2. The molecule has 80 valence electrons. The molecule has 0 aromatic carbocycles. The fraction of sp³-hybridized carbons (Fsp3) is 0.556. The van der Waals surface area contributed by atoms with E-state index >= 15 is 0 Å². The molecule has 1 heterocycles. The lowest BCUT2D eigenvalue weighted by Crippen LogP contribution is -2.20. The minimum Gasteiger partial charge on any atom is -0.374 e. The molecule has 14 heavy (non-hydrogen) atoms. The predicted molar refractivity (Wildman–Crippen MR) is 58.7 cm³/mol. The lowest BCUT2D eigenvalue weighted by Gasteiger charge is -2.19. The Morgan fingerprint density at radius 1 is 1.29 bits per heavy atom. The molecule has 1 rings (SSSR count). The van der Waals surface area contributed by atoms with Crippen LogP contribution < -0.4 is 0 Å². The molecule has 0 saturated heterocycles. The second-order valence-corrected chi connectivity index (χ2v) is 6.11. The molecule has 1 aliphatic heterocycles. The maximum Gasteiger partial charge on any atom is 0.232 e. The van der Waals surface area contributed by atoms with Crippen molar-refractivity contribution in [3.63, 3.8) is 0 Å². The van der Waals surface area contributed by atoms with Crippen LogP contribution in [0.1, 0.15) is 12.8 Å². The number of unbranched alkanes of at least 4 members (excludes halogenated alkanes) is 1. The quantitative estimate of drug-likeness (QED) is 0.538. The number of nitrogens with zero attached hydrogens (tertiary/aromatic N) is 1. The number of allylic oxidation sites excluding steroid dienone is 2. The molecule has 0 bridgehead atoms. The van der Waals surface area contributed by atoms with Crippen molar-refractivity contribution in [2.45, 2.75) is 12.8 Å². The Bertz CT molecular complexity index is 322. The van der Waals surface area contributed by atoms with Crippen LogP contribution in [0.15, 0.2) is 24.4 Å². The van der Waals surface area contributed by atoms with E-state index in [0.717, 1.165) is 19.5 Å². The molecule has 0 saturated carbocycles. The lowest BCUT2D eigenvalue weighted by molar-refractivity contribution is 0.401. The fourth-order valence-corrected chi connectivity index (χ4v) is 2.14. The number of hydrogen-bond donors (Lipinski definition) is 0. The van der Waals surface area contributed by atoms with Gasteiger partial charge in [0.1, 0.15) is 0 Å². The van der Waals surface area contributed by atoms with Crippen molar-refractivity contribution >= 4 is 19.7 Å². The van der Waals surface area contributed by atoms with E-state index < -0.39 is 9.05 Å². The van der Waals surface area contributed by atoms with E-state index in [-0.39, 0.29) is 5.75 Å². The summed E-state index contributed by atoms with van der Waals surface area (Å²) in [6.07, 6.45) is 9.53. The summed E-state index contributed by atoms with van der Waals surface area (Å²) in [5.74, 6) is 0.0714. The second kappa shape index (κ2) is 5.41. The Balaban J connectivity index is 2.10. The zero-order chi connectivity index (χ0) is 10.4. The van der Waals surface area contributed by atoms with E-state index in [1.54, 1.807) is 0 Å². The van der Waals surface area contributed by atoms with Crippen molar-refractivity contribution in [1.82, 2.24) is 4.90 Å². The van der Waals surface area contributed by atoms with Crippen LogP contribution in [0.5, 0.6) is 0 Å². The van der Waals surface area contributed by atoms with Crippen molar-refractivity contribution in [3.05, 3.63) is 24.4 Å². The molecule has 5 heteroatoms. The van der Waals surface area contributed by atoms with E-state index in [1.165, 1.54) is 0 Å². The Labute approximate surface area is 89.5 Å². The average molecular weight is 236 g/mol. The van der Waals surface area contributed by atoms with Gasteiger partial charge >= 0.3 is 0 Å². The first-order chi connectivity index (χ1) is 6.58. The smallest absolute Gasteiger partial charge is 0.232 e. The van der Waals surface area contributed by atoms with Crippen molar-refractivity contribution < 1.29 is 8.42 Å². The van der Waals surface area contributed by atoms with Gasteiger partial charge in [-0.25, -0.2) is 8.42 Å². The normalized spacial score (nSPS) is 16.2. The molecule has 0 radical (unpaired) electrons. The third-order valence-corrected chi connectivity index (χ3v) is 3.21. The highest BCUT2D eigenvalue weighted by molar-refractivity contribution is 8.13. The summed E-state index contributed by atoms with van der Waals surface area (Å²) < 4.78 is 21.2. The highest BCUT2D eigenvalue weighted by Crippen LogP contribution is 2.04. The van der Waals surface area contributed by atoms with Crippen molar-refractivity contribution in [3.8, 4) is 0 Å². The zero-order valence-electron chi connectivity index (χ0n) is 7.89. The lowest BCUT2D eigenvalue weighted by atomic mass is 10.3. The Morgan fingerprint density at radius 2 is 2.07 bits per heavy atom. The van der Waals surface area contributed by atoms with Crippen molar-refractivity contribution in [2.75, 3.05) is 18.8 Å². The summed E-state index contributed by atoms with van der Waals surface area (Å²) in [4.78, 5) is 2.14. The van der Waals surface area contributed by atoms with Gasteiger partial charge in [0, 0.05) is 23.8 Å². The molecule has 0 fully saturated rings. The third-order valence-electron chi connectivity index (χ3n) is 1.97.